The van der Waals surface area contributed by atoms with E-state index in [9.17, 15) is 13.6 Å². The number of alkyl halides is 2. The highest BCUT2D eigenvalue weighted by molar-refractivity contribution is 5.93. The van der Waals surface area contributed by atoms with Crippen molar-refractivity contribution in [2.24, 2.45) is 5.92 Å². The predicted molar refractivity (Wildman–Crippen MR) is 138 cm³/mol. The fraction of sp³-hybridized carbons (Fsp3) is 0.241. The maximum atomic E-state index is 13.3. The first-order valence-electron chi connectivity index (χ1n) is 12.6. The summed E-state index contributed by atoms with van der Waals surface area (Å²) in [6.07, 6.45) is 7.00. The van der Waals surface area contributed by atoms with Crippen LogP contribution in [0.25, 0.3) is 33.8 Å². The van der Waals surface area contributed by atoms with Gasteiger partial charge in [-0.05, 0) is 61.1 Å². The normalized spacial score (nSPS) is 14.4. The van der Waals surface area contributed by atoms with Gasteiger partial charge in [-0.3, -0.25) is 14.3 Å². The van der Waals surface area contributed by atoms with Gasteiger partial charge in [-0.2, -0.15) is 8.78 Å². The van der Waals surface area contributed by atoms with Crippen LogP contribution < -0.4 is 0 Å². The van der Waals surface area contributed by atoms with Crippen molar-refractivity contribution >= 4 is 17.0 Å². The van der Waals surface area contributed by atoms with Gasteiger partial charge in [-0.25, -0.2) is 9.97 Å². The van der Waals surface area contributed by atoms with Crippen LogP contribution in [0.2, 0.25) is 0 Å². The molecule has 1 aliphatic rings. The zero-order valence-corrected chi connectivity index (χ0v) is 20.5. The van der Waals surface area contributed by atoms with Crippen LogP contribution in [0.5, 0.6) is 0 Å². The molecule has 2 aromatic carbocycles. The number of hydrogen-bond acceptors (Lipinski definition) is 5. The fourth-order valence-electron chi connectivity index (χ4n) is 5.02. The van der Waals surface area contributed by atoms with Crippen LogP contribution in [0.1, 0.15) is 35.4 Å². The molecule has 0 bridgehead atoms. The lowest BCUT2D eigenvalue weighted by Gasteiger charge is -2.32. The van der Waals surface area contributed by atoms with Gasteiger partial charge in [0, 0.05) is 30.4 Å². The number of rotatable bonds is 6. The van der Waals surface area contributed by atoms with E-state index in [2.05, 4.69) is 39.2 Å². The Labute approximate surface area is 217 Å². The number of carbonyl (C=O) groups excluding carboxylic acids is 1. The van der Waals surface area contributed by atoms with Gasteiger partial charge < -0.3 is 9.32 Å². The molecule has 9 heteroatoms. The Morgan fingerprint density at radius 1 is 1.03 bits per heavy atom. The second-order valence-electron chi connectivity index (χ2n) is 9.52. The smallest absolute Gasteiger partial charge is 0.320 e. The first kappa shape index (κ1) is 24.0. The van der Waals surface area contributed by atoms with Crippen molar-refractivity contribution in [3.8, 4) is 22.7 Å². The number of oxazole rings is 1. The third-order valence-electron chi connectivity index (χ3n) is 7.05. The average molecular weight is 514 g/mol. The molecule has 1 aliphatic heterocycles. The van der Waals surface area contributed by atoms with Crippen molar-refractivity contribution in [2.75, 3.05) is 13.1 Å². The summed E-state index contributed by atoms with van der Waals surface area (Å²) in [6, 6.07) is 18.9. The summed E-state index contributed by atoms with van der Waals surface area (Å²) in [5.41, 5.74) is 4.16. The number of aromatic nitrogens is 4. The third-order valence-corrected chi connectivity index (χ3v) is 7.05. The van der Waals surface area contributed by atoms with Crippen LogP contribution in [-0.2, 0) is 6.42 Å². The second-order valence-corrected chi connectivity index (χ2v) is 9.52. The Bertz CT molecular complexity index is 1570. The standard InChI is InChI=1S/C29H25F2N5O2/c30-29(31)36-18-32-17-25(36)21-6-7-26-23(15-21)34-27(38-26)22-8-11-33-24(16-22)28(37)35-12-9-20(10-13-35)14-19-4-2-1-3-5-19/h1-8,11,15-18,20,29H,9-10,12-14H2. The van der Waals surface area contributed by atoms with Gasteiger partial charge in [0.2, 0.25) is 5.89 Å². The highest BCUT2D eigenvalue weighted by atomic mass is 19.3. The summed E-state index contributed by atoms with van der Waals surface area (Å²) in [6.45, 7) is -1.30. The minimum absolute atomic E-state index is 0.108. The van der Waals surface area contributed by atoms with E-state index < -0.39 is 6.55 Å². The van der Waals surface area contributed by atoms with E-state index in [-0.39, 0.29) is 11.6 Å². The molecule has 0 atom stereocenters. The highest BCUT2D eigenvalue weighted by Gasteiger charge is 2.25. The summed E-state index contributed by atoms with van der Waals surface area (Å²) < 4.78 is 33.3. The number of pyridine rings is 1. The molecule has 0 aliphatic carbocycles. The number of fused-ring (bicyclic) bond motifs is 1. The first-order chi connectivity index (χ1) is 18.5. The van der Waals surface area contributed by atoms with Crippen molar-refractivity contribution in [2.45, 2.75) is 25.8 Å². The summed E-state index contributed by atoms with van der Waals surface area (Å²) >= 11 is 0. The quantitative estimate of drug-likeness (QED) is 0.269. The molecule has 38 heavy (non-hydrogen) atoms. The van der Waals surface area contributed by atoms with Crippen LogP contribution >= 0.6 is 0 Å². The molecule has 1 saturated heterocycles. The van der Waals surface area contributed by atoms with Crippen molar-refractivity contribution in [3.63, 3.8) is 0 Å². The lowest BCUT2D eigenvalue weighted by molar-refractivity contribution is 0.0683. The number of halogens is 2. The Hall–Kier alpha value is -4.40. The lowest BCUT2D eigenvalue weighted by Crippen LogP contribution is -2.39. The second kappa shape index (κ2) is 10.2. The number of imidazole rings is 1. The van der Waals surface area contributed by atoms with Gasteiger partial charge in [0.25, 0.3) is 5.91 Å². The number of hydrogen-bond donors (Lipinski definition) is 0. The van der Waals surface area contributed by atoms with Gasteiger partial charge in [-0.1, -0.05) is 30.3 Å². The van der Waals surface area contributed by atoms with Crippen molar-refractivity contribution in [1.29, 1.82) is 0 Å². The molecule has 6 rings (SSSR count). The van der Waals surface area contributed by atoms with E-state index >= 15 is 0 Å². The molecule has 0 radical (unpaired) electrons. The van der Waals surface area contributed by atoms with Crippen LogP contribution in [0.15, 0.2) is 83.8 Å². The van der Waals surface area contributed by atoms with Gasteiger partial charge >= 0.3 is 6.55 Å². The van der Waals surface area contributed by atoms with Crippen LogP contribution in [-0.4, -0.2) is 43.4 Å². The molecule has 0 unspecified atom stereocenters. The molecule has 0 spiro atoms. The van der Waals surface area contributed by atoms with Crippen LogP contribution in [0, 0.1) is 5.92 Å². The van der Waals surface area contributed by atoms with Crippen molar-refractivity contribution in [3.05, 3.63) is 90.6 Å². The molecule has 0 N–H and O–H groups in total. The summed E-state index contributed by atoms with van der Waals surface area (Å²) in [7, 11) is 0. The van der Waals surface area contributed by atoms with Gasteiger partial charge in [0.15, 0.2) is 5.58 Å². The topological polar surface area (TPSA) is 77.0 Å². The minimum Gasteiger partial charge on any atom is -0.436 e. The van der Waals surface area contributed by atoms with E-state index in [0.717, 1.165) is 30.2 Å². The van der Waals surface area contributed by atoms with Gasteiger partial charge in [0.1, 0.15) is 11.2 Å². The summed E-state index contributed by atoms with van der Waals surface area (Å²) in [5, 5.41) is 0. The first-order valence-corrected chi connectivity index (χ1v) is 12.6. The zero-order valence-electron chi connectivity index (χ0n) is 20.5. The largest absolute Gasteiger partial charge is 0.436 e. The van der Waals surface area contributed by atoms with Crippen molar-refractivity contribution in [1.82, 2.24) is 24.4 Å². The maximum absolute atomic E-state index is 13.3. The van der Waals surface area contributed by atoms with E-state index in [0.29, 0.717) is 52.8 Å². The SMILES string of the molecule is O=C(c1cc(-c2nc3cc(-c4cncn4C(F)F)ccc3o2)ccn1)N1CCC(Cc2ccccc2)CC1. The Morgan fingerprint density at radius 2 is 1.84 bits per heavy atom. The Kier molecular flexibility index (Phi) is 6.41. The maximum Gasteiger partial charge on any atom is 0.320 e. The molecule has 7 nitrogen and oxygen atoms in total. The van der Waals surface area contributed by atoms with Crippen LogP contribution in [0.3, 0.4) is 0 Å². The molecule has 3 aromatic heterocycles. The minimum atomic E-state index is -2.70. The number of carbonyl (C=O) groups is 1. The summed E-state index contributed by atoms with van der Waals surface area (Å²) in [5.74, 6) is 0.783. The molecule has 1 amide bonds. The Morgan fingerprint density at radius 3 is 2.63 bits per heavy atom. The highest BCUT2D eigenvalue weighted by Crippen LogP contribution is 2.30. The number of piperidine rings is 1. The number of amides is 1. The number of likely N-dealkylation sites (tertiary alicyclic amines) is 1. The lowest BCUT2D eigenvalue weighted by atomic mass is 9.90. The molecule has 0 saturated carbocycles. The molecular weight excluding hydrogens is 488 g/mol. The third kappa shape index (κ3) is 4.79. The van der Waals surface area contributed by atoms with Gasteiger partial charge in [0.05, 0.1) is 18.2 Å². The monoisotopic (exact) mass is 513 g/mol. The molecular formula is C29H25F2N5O2. The molecule has 4 heterocycles. The van der Waals surface area contributed by atoms with E-state index in [1.54, 1.807) is 36.5 Å². The Balaban J connectivity index is 1.17. The predicted octanol–water partition coefficient (Wildman–Crippen LogP) is 6.24. The number of benzene rings is 2. The van der Waals surface area contributed by atoms with Gasteiger partial charge in [-0.15, -0.1) is 0 Å². The van der Waals surface area contributed by atoms with Crippen LogP contribution in [0.4, 0.5) is 8.78 Å². The molecule has 5 aromatic rings. The number of nitrogens with zero attached hydrogens (tertiary/aromatic N) is 5. The molecule has 1 fully saturated rings. The van der Waals surface area contributed by atoms with Crippen molar-refractivity contribution < 1.29 is 18.0 Å². The van der Waals surface area contributed by atoms with E-state index in [1.165, 1.54) is 11.8 Å². The average Bonchev–Trinajstić information content (AvgIpc) is 3.61. The van der Waals surface area contributed by atoms with E-state index in [1.807, 2.05) is 11.0 Å². The summed E-state index contributed by atoms with van der Waals surface area (Å²) in [4.78, 5) is 27.8. The molecule has 192 valence electrons. The fourth-order valence-corrected chi connectivity index (χ4v) is 5.02. The van der Waals surface area contributed by atoms with E-state index in [4.69, 9.17) is 4.42 Å². The zero-order chi connectivity index (χ0) is 26.1.